The van der Waals surface area contributed by atoms with E-state index in [-0.39, 0.29) is 5.28 Å². The first-order valence-corrected chi connectivity index (χ1v) is 4.27. The minimum atomic E-state index is 0.232. The van der Waals surface area contributed by atoms with E-state index < -0.39 is 0 Å². The van der Waals surface area contributed by atoms with Crippen molar-refractivity contribution in [1.82, 2.24) is 20.2 Å². The monoisotopic (exact) mass is 210 g/mol. The highest BCUT2D eigenvalue weighted by Crippen LogP contribution is 2.16. The predicted molar refractivity (Wildman–Crippen MR) is 50.7 cm³/mol. The summed E-state index contributed by atoms with van der Waals surface area (Å²) >= 11 is 5.74. The third-order valence-electron chi connectivity index (χ3n) is 1.75. The van der Waals surface area contributed by atoms with Gasteiger partial charge in [-0.2, -0.15) is 4.68 Å². The number of tetrazole rings is 1. The van der Waals surface area contributed by atoms with Crippen LogP contribution in [0.2, 0.25) is 5.28 Å². The molecule has 1 heterocycles. The van der Waals surface area contributed by atoms with Gasteiger partial charge in [0.05, 0.1) is 12.8 Å². The molecule has 72 valence electrons. The van der Waals surface area contributed by atoms with Gasteiger partial charge in [0.2, 0.25) is 5.28 Å². The molecule has 0 saturated carbocycles. The van der Waals surface area contributed by atoms with Crippen molar-refractivity contribution in [2.24, 2.45) is 0 Å². The van der Waals surface area contributed by atoms with Gasteiger partial charge in [-0.25, -0.2) is 0 Å². The fourth-order valence-electron chi connectivity index (χ4n) is 1.06. The van der Waals surface area contributed by atoms with Gasteiger partial charge in [0.25, 0.3) is 0 Å². The number of ether oxygens (including phenoxy) is 1. The number of methoxy groups -OCH3 is 1. The van der Waals surface area contributed by atoms with Crippen LogP contribution in [0.25, 0.3) is 5.69 Å². The Morgan fingerprint density at radius 3 is 2.50 bits per heavy atom. The van der Waals surface area contributed by atoms with E-state index in [1.54, 1.807) is 7.11 Å². The van der Waals surface area contributed by atoms with Gasteiger partial charge >= 0.3 is 0 Å². The number of benzene rings is 1. The molecule has 1 aromatic heterocycles. The van der Waals surface area contributed by atoms with E-state index in [4.69, 9.17) is 16.3 Å². The van der Waals surface area contributed by atoms with Gasteiger partial charge in [-0.1, -0.05) is 5.10 Å². The molecule has 0 radical (unpaired) electrons. The Hall–Kier alpha value is -1.62. The second-order valence-corrected chi connectivity index (χ2v) is 2.90. The van der Waals surface area contributed by atoms with Crippen LogP contribution >= 0.6 is 11.6 Å². The molecule has 0 aliphatic heterocycles. The molecule has 0 unspecified atom stereocenters. The Kier molecular flexibility index (Phi) is 2.32. The molecule has 0 spiro atoms. The molecule has 0 aliphatic rings. The van der Waals surface area contributed by atoms with Crippen molar-refractivity contribution in [3.05, 3.63) is 29.5 Å². The molecule has 0 fully saturated rings. The second kappa shape index (κ2) is 3.63. The van der Waals surface area contributed by atoms with Crippen molar-refractivity contribution in [2.75, 3.05) is 7.11 Å². The maximum absolute atomic E-state index is 5.74. The fraction of sp³-hybridized carbons (Fsp3) is 0.125. The molecular weight excluding hydrogens is 204 g/mol. The SMILES string of the molecule is COc1ccc(-n2nnnc2Cl)cc1. The van der Waals surface area contributed by atoms with Gasteiger partial charge in [0.1, 0.15) is 5.75 Å². The van der Waals surface area contributed by atoms with Crippen LogP contribution in [-0.4, -0.2) is 27.3 Å². The van der Waals surface area contributed by atoms with Gasteiger partial charge in [0.15, 0.2) is 0 Å². The number of rotatable bonds is 2. The standard InChI is InChI=1S/C8H7ClN4O/c1-14-7-4-2-6(3-5-7)13-8(9)10-11-12-13/h2-5H,1H3. The summed E-state index contributed by atoms with van der Waals surface area (Å²) in [5.74, 6) is 0.776. The summed E-state index contributed by atoms with van der Waals surface area (Å²) in [4.78, 5) is 0. The van der Waals surface area contributed by atoms with Crippen molar-refractivity contribution >= 4 is 11.6 Å². The predicted octanol–water partition coefficient (Wildman–Crippen LogP) is 1.32. The molecule has 6 heteroatoms. The summed E-state index contributed by atoms with van der Waals surface area (Å²) in [6.07, 6.45) is 0. The van der Waals surface area contributed by atoms with E-state index in [0.29, 0.717) is 0 Å². The van der Waals surface area contributed by atoms with Crippen molar-refractivity contribution in [3.63, 3.8) is 0 Å². The summed E-state index contributed by atoms with van der Waals surface area (Å²) in [7, 11) is 1.61. The summed E-state index contributed by atoms with van der Waals surface area (Å²) in [6, 6.07) is 7.27. The van der Waals surface area contributed by atoms with Gasteiger partial charge in [-0.05, 0) is 46.3 Å². The largest absolute Gasteiger partial charge is 0.497 e. The van der Waals surface area contributed by atoms with Crippen LogP contribution in [0.15, 0.2) is 24.3 Å². The van der Waals surface area contributed by atoms with E-state index in [0.717, 1.165) is 11.4 Å². The Morgan fingerprint density at radius 1 is 1.29 bits per heavy atom. The van der Waals surface area contributed by atoms with Crippen LogP contribution in [0, 0.1) is 0 Å². The van der Waals surface area contributed by atoms with E-state index in [2.05, 4.69) is 15.5 Å². The number of hydrogen-bond acceptors (Lipinski definition) is 4. The zero-order valence-corrected chi connectivity index (χ0v) is 8.14. The molecular formula is C8H7ClN4O. The smallest absolute Gasteiger partial charge is 0.247 e. The highest BCUT2D eigenvalue weighted by Gasteiger charge is 2.04. The Morgan fingerprint density at radius 2 is 2.00 bits per heavy atom. The van der Waals surface area contributed by atoms with Crippen molar-refractivity contribution < 1.29 is 4.74 Å². The lowest BCUT2D eigenvalue weighted by atomic mass is 10.3. The molecule has 0 atom stereocenters. The van der Waals surface area contributed by atoms with E-state index in [9.17, 15) is 0 Å². The minimum absolute atomic E-state index is 0.232. The number of nitrogens with zero attached hydrogens (tertiary/aromatic N) is 4. The van der Waals surface area contributed by atoms with E-state index in [1.807, 2.05) is 24.3 Å². The Labute approximate surface area is 85.3 Å². The third kappa shape index (κ3) is 1.54. The summed E-state index contributed by atoms with van der Waals surface area (Å²) in [5, 5.41) is 11.0. The first-order chi connectivity index (χ1) is 6.81. The van der Waals surface area contributed by atoms with Gasteiger partial charge < -0.3 is 4.74 Å². The Balaban J connectivity index is 2.39. The molecule has 0 aliphatic carbocycles. The van der Waals surface area contributed by atoms with Crippen LogP contribution in [0.3, 0.4) is 0 Å². The molecule has 2 aromatic rings. The van der Waals surface area contributed by atoms with E-state index in [1.165, 1.54) is 4.68 Å². The summed E-state index contributed by atoms with van der Waals surface area (Å²) in [5.41, 5.74) is 0.792. The second-order valence-electron chi connectivity index (χ2n) is 2.56. The highest BCUT2D eigenvalue weighted by atomic mass is 35.5. The highest BCUT2D eigenvalue weighted by molar-refractivity contribution is 6.28. The lowest BCUT2D eigenvalue weighted by molar-refractivity contribution is 0.414. The third-order valence-corrected chi connectivity index (χ3v) is 1.98. The molecule has 0 N–H and O–H groups in total. The maximum atomic E-state index is 5.74. The van der Waals surface area contributed by atoms with Crippen LogP contribution in [0.5, 0.6) is 5.75 Å². The quantitative estimate of drug-likeness (QED) is 0.750. The first kappa shape index (κ1) is 8.96. The van der Waals surface area contributed by atoms with Gasteiger partial charge in [-0.3, -0.25) is 0 Å². The molecule has 14 heavy (non-hydrogen) atoms. The maximum Gasteiger partial charge on any atom is 0.247 e. The molecule has 0 bridgehead atoms. The van der Waals surface area contributed by atoms with Crippen molar-refractivity contribution in [3.8, 4) is 11.4 Å². The topological polar surface area (TPSA) is 52.8 Å². The van der Waals surface area contributed by atoms with Crippen LogP contribution < -0.4 is 4.74 Å². The fourth-order valence-corrected chi connectivity index (χ4v) is 1.22. The summed E-state index contributed by atoms with van der Waals surface area (Å²) in [6.45, 7) is 0. The van der Waals surface area contributed by atoms with Crippen LogP contribution in [0.4, 0.5) is 0 Å². The number of halogens is 1. The molecule has 2 rings (SSSR count). The Bertz CT molecular complexity index is 425. The van der Waals surface area contributed by atoms with Crippen LogP contribution in [-0.2, 0) is 0 Å². The van der Waals surface area contributed by atoms with Crippen molar-refractivity contribution in [1.29, 1.82) is 0 Å². The molecule has 5 nitrogen and oxygen atoms in total. The molecule has 0 saturated heterocycles. The molecule has 0 amide bonds. The van der Waals surface area contributed by atoms with E-state index >= 15 is 0 Å². The number of aromatic nitrogens is 4. The van der Waals surface area contributed by atoms with Crippen molar-refractivity contribution in [2.45, 2.75) is 0 Å². The zero-order valence-electron chi connectivity index (χ0n) is 7.38. The lowest BCUT2D eigenvalue weighted by Gasteiger charge is -2.02. The average Bonchev–Trinajstić information content (AvgIpc) is 2.65. The first-order valence-electron chi connectivity index (χ1n) is 3.89. The van der Waals surface area contributed by atoms with Crippen LogP contribution in [0.1, 0.15) is 0 Å². The zero-order chi connectivity index (χ0) is 9.97. The normalized spacial score (nSPS) is 10.1. The van der Waals surface area contributed by atoms with Gasteiger partial charge in [-0.15, -0.1) is 0 Å². The summed E-state index contributed by atoms with van der Waals surface area (Å²) < 4.78 is 6.45. The molecule has 1 aromatic carbocycles. The number of hydrogen-bond donors (Lipinski definition) is 0. The van der Waals surface area contributed by atoms with Gasteiger partial charge in [0, 0.05) is 0 Å². The average molecular weight is 211 g/mol. The lowest BCUT2D eigenvalue weighted by Crippen LogP contribution is -1.96. The minimum Gasteiger partial charge on any atom is -0.497 e.